The van der Waals surface area contributed by atoms with Crippen LogP contribution in [-0.4, -0.2) is 23.5 Å². The summed E-state index contributed by atoms with van der Waals surface area (Å²) in [4.78, 5) is 20.7. The van der Waals surface area contributed by atoms with Crippen molar-refractivity contribution in [1.29, 1.82) is 0 Å². The van der Waals surface area contributed by atoms with Crippen LogP contribution < -0.4 is 4.74 Å². The van der Waals surface area contributed by atoms with Gasteiger partial charge in [0.1, 0.15) is 12.4 Å². The number of hydrogen-bond donors (Lipinski definition) is 0. The number of carbonyl (C=O) groups is 1. The molecule has 0 amide bonds. The lowest BCUT2D eigenvalue weighted by molar-refractivity contribution is 0.0967. The number of allylic oxidation sites excluding steroid dienone is 1. The van der Waals surface area contributed by atoms with Gasteiger partial charge >= 0.3 is 0 Å². The average Bonchev–Trinajstić information content (AvgIpc) is 3.53. The SMILES string of the molecule is O=C(c1ccc(COc2cccc(C3=CCN=CC3)n2)c(F)c1)C1CC1. The molecule has 1 saturated carbocycles. The molecule has 0 saturated heterocycles. The normalized spacial score (nSPS) is 16.3. The van der Waals surface area contributed by atoms with Gasteiger partial charge in [-0.05, 0) is 30.5 Å². The van der Waals surface area contributed by atoms with E-state index in [4.69, 9.17) is 4.74 Å². The predicted molar refractivity (Wildman–Crippen MR) is 98.0 cm³/mol. The maximum Gasteiger partial charge on any atom is 0.214 e. The van der Waals surface area contributed by atoms with Crippen LogP contribution in [0.2, 0.25) is 0 Å². The van der Waals surface area contributed by atoms with Crippen LogP contribution in [0, 0.1) is 11.7 Å². The van der Waals surface area contributed by atoms with E-state index in [1.807, 2.05) is 24.4 Å². The lowest BCUT2D eigenvalue weighted by Gasteiger charge is -2.11. The molecule has 2 aromatic rings. The number of hydrogen-bond acceptors (Lipinski definition) is 4. The Morgan fingerprint density at radius 2 is 2.12 bits per heavy atom. The smallest absolute Gasteiger partial charge is 0.214 e. The summed E-state index contributed by atoms with van der Waals surface area (Å²) in [5, 5.41) is 0. The standard InChI is InChI=1S/C21H19FN2O2/c22-18-12-16(21(25)15-4-5-15)6-7-17(18)13-26-20-3-1-2-19(24-20)14-8-10-23-11-9-14/h1-3,6-8,11-12,15H,4-5,9-10,13H2. The lowest BCUT2D eigenvalue weighted by Crippen LogP contribution is -2.05. The first-order chi connectivity index (χ1) is 12.7. The van der Waals surface area contributed by atoms with E-state index in [9.17, 15) is 9.18 Å². The summed E-state index contributed by atoms with van der Waals surface area (Å²) < 4.78 is 20.0. The third-order valence-electron chi connectivity index (χ3n) is 4.60. The zero-order chi connectivity index (χ0) is 17.9. The summed E-state index contributed by atoms with van der Waals surface area (Å²) >= 11 is 0. The molecule has 2 aliphatic rings. The van der Waals surface area contributed by atoms with E-state index in [2.05, 4.69) is 9.98 Å². The molecule has 0 unspecified atom stereocenters. The molecule has 2 heterocycles. The summed E-state index contributed by atoms with van der Waals surface area (Å²) in [7, 11) is 0. The molecule has 1 aromatic carbocycles. The highest BCUT2D eigenvalue weighted by molar-refractivity contribution is 5.99. The largest absolute Gasteiger partial charge is 0.473 e. The molecule has 0 bridgehead atoms. The summed E-state index contributed by atoms with van der Waals surface area (Å²) in [5.74, 6) is 0.153. The van der Waals surface area contributed by atoms with Crippen LogP contribution in [-0.2, 0) is 6.61 Å². The fraction of sp³-hybridized carbons (Fsp3) is 0.286. The van der Waals surface area contributed by atoms with Gasteiger partial charge in [-0.25, -0.2) is 9.37 Å². The van der Waals surface area contributed by atoms with Crippen molar-refractivity contribution < 1.29 is 13.9 Å². The van der Waals surface area contributed by atoms with Gasteiger partial charge in [0.25, 0.3) is 0 Å². The maximum atomic E-state index is 14.3. The molecule has 1 aromatic heterocycles. The second-order valence-corrected chi connectivity index (χ2v) is 6.58. The average molecular weight is 350 g/mol. The Balaban J connectivity index is 1.44. The fourth-order valence-corrected chi connectivity index (χ4v) is 2.92. The first kappa shape index (κ1) is 16.6. The van der Waals surface area contributed by atoms with Crippen LogP contribution in [0.25, 0.3) is 5.57 Å². The van der Waals surface area contributed by atoms with Gasteiger partial charge in [-0.1, -0.05) is 24.3 Å². The second kappa shape index (κ2) is 7.20. The highest BCUT2D eigenvalue weighted by atomic mass is 19.1. The third kappa shape index (κ3) is 3.72. The summed E-state index contributed by atoms with van der Waals surface area (Å²) in [5.41, 5.74) is 2.81. The molecule has 1 aliphatic heterocycles. The summed E-state index contributed by atoms with van der Waals surface area (Å²) in [6.45, 7) is 0.736. The predicted octanol–water partition coefficient (Wildman–Crippen LogP) is 4.25. The highest BCUT2D eigenvalue weighted by Gasteiger charge is 2.30. The number of dihydropyridines is 1. The minimum atomic E-state index is -0.418. The number of aromatic nitrogens is 1. The van der Waals surface area contributed by atoms with Gasteiger partial charge in [0.2, 0.25) is 5.88 Å². The first-order valence-electron chi connectivity index (χ1n) is 8.81. The Labute approximate surface area is 151 Å². The van der Waals surface area contributed by atoms with Crippen LogP contribution in [0.5, 0.6) is 5.88 Å². The number of nitrogens with zero attached hydrogens (tertiary/aromatic N) is 2. The first-order valence-corrected chi connectivity index (χ1v) is 8.81. The van der Waals surface area contributed by atoms with E-state index in [1.54, 1.807) is 18.2 Å². The number of Topliss-reactive ketones (excluding diaryl/α,β-unsaturated/α-hetero) is 1. The number of pyridine rings is 1. The van der Waals surface area contributed by atoms with E-state index < -0.39 is 5.82 Å². The molecule has 4 rings (SSSR count). The Kier molecular flexibility index (Phi) is 4.61. The minimum Gasteiger partial charge on any atom is -0.473 e. The maximum absolute atomic E-state index is 14.3. The van der Waals surface area contributed by atoms with E-state index in [-0.39, 0.29) is 18.3 Å². The zero-order valence-electron chi connectivity index (χ0n) is 14.3. The van der Waals surface area contributed by atoms with Crippen LogP contribution in [0.1, 0.15) is 40.9 Å². The van der Waals surface area contributed by atoms with Crippen LogP contribution in [0.4, 0.5) is 4.39 Å². The quantitative estimate of drug-likeness (QED) is 0.732. The molecule has 0 atom stereocenters. The topological polar surface area (TPSA) is 51.5 Å². The fourth-order valence-electron chi connectivity index (χ4n) is 2.92. The molecule has 0 N–H and O–H groups in total. The van der Waals surface area contributed by atoms with E-state index in [0.717, 1.165) is 30.5 Å². The van der Waals surface area contributed by atoms with Gasteiger partial charge in [0.05, 0.1) is 12.2 Å². The third-order valence-corrected chi connectivity index (χ3v) is 4.60. The summed E-state index contributed by atoms with van der Waals surface area (Å²) in [6, 6.07) is 10.2. The number of ketones is 1. The van der Waals surface area contributed by atoms with Crippen LogP contribution in [0.15, 0.2) is 47.5 Å². The Morgan fingerprint density at radius 3 is 2.85 bits per heavy atom. The van der Waals surface area contributed by atoms with Gasteiger partial charge in [-0.2, -0.15) is 0 Å². The second-order valence-electron chi connectivity index (χ2n) is 6.58. The van der Waals surface area contributed by atoms with Gasteiger partial charge in [-0.3, -0.25) is 9.79 Å². The van der Waals surface area contributed by atoms with E-state index >= 15 is 0 Å². The zero-order valence-corrected chi connectivity index (χ0v) is 14.3. The van der Waals surface area contributed by atoms with Gasteiger partial charge in [0.15, 0.2) is 5.78 Å². The number of aliphatic imine (C=N–C) groups is 1. The van der Waals surface area contributed by atoms with Crippen molar-refractivity contribution in [2.45, 2.75) is 25.9 Å². The molecule has 132 valence electrons. The van der Waals surface area contributed by atoms with Crippen molar-refractivity contribution in [2.24, 2.45) is 10.9 Å². The van der Waals surface area contributed by atoms with Crippen molar-refractivity contribution in [3.63, 3.8) is 0 Å². The van der Waals surface area contributed by atoms with Crippen molar-refractivity contribution in [1.82, 2.24) is 4.98 Å². The monoisotopic (exact) mass is 350 g/mol. The van der Waals surface area contributed by atoms with Gasteiger partial charge < -0.3 is 4.74 Å². The van der Waals surface area contributed by atoms with Gasteiger partial charge in [0, 0.05) is 35.7 Å². The van der Waals surface area contributed by atoms with Crippen molar-refractivity contribution >= 4 is 17.6 Å². The van der Waals surface area contributed by atoms with Crippen LogP contribution in [0.3, 0.4) is 0 Å². The molecular weight excluding hydrogens is 331 g/mol. The Bertz CT molecular complexity index is 901. The molecular formula is C21H19FN2O2. The van der Waals surface area contributed by atoms with E-state index in [1.165, 1.54) is 6.07 Å². The van der Waals surface area contributed by atoms with Gasteiger partial charge in [-0.15, -0.1) is 0 Å². The highest BCUT2D eigenvalue weighted by Crippen LogP contribution is 2.33. The molecule has 1 fully saturated rings. The van der Waals surface area contributed by atoms with Crippen LogP contribution >= 0.6 is 0 Å². The molecule has 0 spiro atoms. The van der Waals surface area contributed by atoms with E-state index in [0.29, 0.717) is 23.6 Å². The molecule has 4 nitrogen and oxygen atoms in total. The Morgan fingerprint density at radius 1 is 1.23 bits per heavy atom. The number of ether oxygens (including phenoxy) is 1. The molecule has 5 heteroatoms. The number of benzene rings is 1. The lowest BCUT2D eigenvalue weighted by atomic mass is 10.0. The van der Waals surface area contributed by atoms with Crippen molar-refractivity contribution in [2.75, 3.05) is 6.54 Å². The van der Waals surface area contributed by atoms with Crippen molar-refractivity contribution in [3.05, 3.63) is 65.1 Å². The van der Waals surface area contributed by atoms with Crippen molar-refractivity contribution in [3.8, 4) is 5.88 Å². The molecule has 0 radical (unpaired) electrons. The molecule has 26 heavy (non-hydrogen) atoms. The number of rotatable bonds is 6. The number of halogens is 1. The summed E-state index contributed by atoms with van der Waals surface area (Å²) in [6.07, 6.45) is 6.50. The molecule has 1 aliphatic carbocycles. The minimum absolute atomic E-state index is 0.0371. The number of carbonyl (C=O) groups excluding carboxylic acids is 1. The Hall–Kier alpha value is -2.82.